The lowest BCUT2D eigenvalue weighted by Crippen LogP contribution is -2.22. The number of aromatic carboxylic acids is 1. The third kappa shape index (κ3) is 3.01. The van der Waals surface area contributed by atoms with Gasteiger partial charge in [-0.05, 0) is 37.6 Å². The van der Waals surface area contributed by atoms with Gasteiger partial charge in [-0.3, -0.25) is 0 Å². The van der Waals surface area contributed by atoms with E-state index in [2.05, 4.69) is 17.1 Å². The van der Waals surface area contributed by atoms with E-state index in [0.717, 1.165) is 31.9 Å². The van der Waals surface area contributed by atoms with E-state index in [1.807, 2.05) is 12.1 Å². The van der Waals surface area contributed by atoms with Gasteiger partial charge in [0.25, 0.3) is 0 Å². The molecular formula is C14H20N2O2. The van der Waals surface area contributed by atoms with Crippen molar-refractivity contribution in [2.24, 2.45) is 5.92 Å². The molecule has 0 amide bonds. The highest BCUT2D eigenvalue weighted by atomic mass is 16.4. The fourth-order valence-electron chi connectivity index (χ4n) is 2.44. The first-order chi connectivity index (χ1) is 8.70. The molecule has 1 aliphatic heterocycles. The molecule has 98 valence electrons. The second-order valence-electron chi connectivity index (χ2n) is 4.78. The molecule has 4 heteroatoms. The van der Waals surface area contributed by atoms with Crippen LogP contribution in [0.3, 0.4) is 0 Å². The van der Waals surface area contributed by atoms with Crippen LogP contribution in [0.4, 0.5) is 5.69 Å². The van der Waals surface area contributed by atoms with Crippen LogP contribution in [0.25, 0.3) is 0 Å². The molecule has 0 aliphatic carbocycles. The summed E-state index contributed by atoms with van der Waals surface area (Å²) in [5.74, 6) is -0.258. The monoisotopic (exact) mass is 248 g/mol. The lowest BCUT2D eigenvalue weighted by Gasteiger charge is -2.15. The predicted octanol–water partition coefficient (Wildman–Crippen LogP) is 2.14. The third-order valence-corrected chi connectivity index (χ3v) is 3.56. The van der Waals surface area contributed by atoms with Crippen molar-refractivity contribution >= 4 is 11.7 Å². The number of benzene rings is 1. The molecule has 2 rings (SSSR count). The Morgan fingerprint density at radius 1 is 1.50 bits per heavy atom. The molecule has 2 N–H and O–H groups in total. The van der Waals surface area contributed by atoms with E-state index in [1.54, 1.807) is 12.1 Å². The number of anilines is 1. The Hall–Kier alpha value is -1.55. The maximum absolute atomic E-state index is 11.1. The normalized spacial score (nSPS) is 19.9. The first kappa shape index (κ1) is 12.9. The lowest BCUT2D eigenvalue weighted by molar-refractivity contribution is 0.0698. The largest absolute Gasteiger partial charge is 0.478 e. The SMILES string of the molecule is CCN1CCC(CNc2ccccc2C(=O)O)C1. The van der Waals surface area contributed by atoms with E-state index in [0.29, 0.717) is 11.5 Å². The summed E-state index contributed by atoms with van der Waals surface area (Å²) in [6.45, 7) is 6.39. The maximum Gasteiger partial charge on any atom is 0.337 e. The van der Waals surface area contributed by atoms with Gasteiger partial charge in [0.05, 0.1) is 5.56 Å². The summed E-state index contributed by atoms with van der Waals surface area (Å²) >= 11 is 0. The number of likely N-dealkylation sites (tertiary alicyclic amines) is 1. The van der Waals surface area contributed by atoms with Gasteiger partial charge in [-0.2, -0.15) is 0 Å². The average molecular weight is 248 g/mol. The van der Waals surface area contributed by atoms with E-state index in [1.165, 1.54) is 6.42 Å². The van der Waals surface area contributed by atoms with Crippen molar-refractivity contribution in [2.45, 2.75) is 13.3 Å². The maximum atomic E-state index is 11.1. The van der Waals surface area contributed by atoms with Gasteiger partial charge in [-0.1, -0.05) is 19.1 Å². The van der Waals surface area contributed by atoms with Crippen LogP contribution in [0.1, 0.15) is 23.7 Å². The highest BCUT2D eigenvalue weighted by Gasteiger charge is 2.21. The van der Waals surface area contributed by atoms with E-state index in [9.17, 15) is 4.79 Å². The van der Waals surface area contributed by atoms with Gasteiger partial charge in [-0.25, -0.2) is 4.79 Å². The molecule has 1 fully saturated rings. The standard InChI is InChI=1S/C14H20N2O2/c1-2-16-8-7-11(10-16)9-15-13-6-4-3-5-12(13)14(17)18/h3-6,11,15H,2,7-10H2,1H3,(H,17,18). The van der Waals surface area contributed by atoms with E-state index in [-0.39, 0.29) is 0 Å². The van der Waals surface area contributed by atoms with Crippen LogP contribution in [0.2, 0.25) is 0 Å². The molecule has 1 unspecified atom stereocenters. The minimum absolute atomic E-state index is 0.350. The highest BCUT2D eigenvalue weighted by Crippen LogP contribution is 2.19. The fraction of sp³-hybridized carbons (Fsp3) is 0.500. The zero-order valence-corrected chi connectivity index (χ0v) is 10.7. The minimum Gasteiger partial charge on any atom is -0.478 e. The van der Waals surface area contributed by atoms with Gasteiger partial charge in [0.15, 0.2) is 0 Å². The van der Waals surface area contributed by atoms with E-state index in [4.69, 9.17) is 5.11 Å². The van der Waals surface area contributed by atoms with Crippen molar-refractivity contribution in [3.05, 3.63) is 29.8 Å². The number of hydrogen-bond donors (Lipinski definition) is 2. The molecule has 0 radical (unpaired) electrons. The van der Waals surface area contributed by atoms with Crippen molar-refractivity contribution in [1.82, 2.24) is 4.90 Å². The molecule has 0 bridgehead atoms. The van der Waals surface area contributed by atoms with Crippen molar-refractivity contribution in [3.63, 3.8) is 0 Å². The van der Waals surface area contributed by atoms with Gasteiger partial charge < -0.3 is 15.3 Å². The van der Waals surface area contributed by atoms with Crippen molar-refractivity contribution in [2.75, 3.05) is 31.5 Å². The van der Waals surface area contributed by atoms with Crippen LogP contribution in [0.5, 0.6) is 0 Å². The summed E-state index contributed by atoms with van der Waals surface area (Å²) < 4.78 is 0. The molecule has 1 saturated heterocycles. The van der Waals surface area contributed by atoms with Gasteiger partial charge in [0.2, 0.25) is 0 Å². The van der Waals surface area contributed by atoms with E-state index >= 15 is 0 Å². The van der Waals surface area contributed by atoms with Crippen LogP contribution in [0.15, 0.2) is 24.3 Å². The lowest BCUT2D eigenvalue weighted by atomic mass is 10.1. The van der Waals surface area contributed by atoms with Crippen LogP contribution >= 0.6 is 0 Å². The molecule has 1 aromatic carbocycles. The van der Waals surface area contributed by atoms with Crippen LogP contribution < -0.4 is 5.32 Å². The Bertz CT molecular complexity index is 420. The van der Waals surface area contributed by atoms with Crippen LogP contribution in [-0.2, 0) is 0 Å². The molecule has 18 heavy (non-hydrogen) atoms. The molecule has 0 spiro atoms. The topological polar surface area (TPSA) is 52.6 Å². The number of para-hydroxylation sites is 1. The molecule has 1 atom stereocenters. The fourth-order valence-corrected chi connectivity index (χ4v) is 2.44. The molecule has 4 nitrogen and oxygen atoms in total. The van der Waals surface area contributed by atoms with Gasteiger partial charge in [0.1, 0.15) is 0 Å². The number of nitrogens with zero attached hydrogens (tertiary/aromatic N) is 1. The van der Waals surface area contributed by atoms with Crippen LogP contribution in [-0.4, -0.2) is 42.2 Å². The van der Waals surface area contributed by atoms with Gasteiger partial charge in [0, 0.05) is 18.8 Å². The second-order valence-corrected chi connectivity index (χ2v) is 4.78. The minimum atomic E-state index is -0.875. The third-order valence-electron chi connectivity index (χ3n) is 3.56. The number of carboxylic acid groups (broad SMARTS) is 1. The summed E-state index contributed by atoms with van der Waals surface area (Å²) in [4.78, 5) is 13.5. The number of carboxylic acids is 1. The number of nitrogens with one attached hydrogen (secondary N) is 1. The molecule has 1 aromatic rings. The number of rotatable bonds is 5. The highest BCUT2D eigenvalue weighted by molar-refractivity contribution is 5.94. The number of hydrogen-bond acceptors (Lipinski definition) is 3. The summed E-state index contributed by atoms with van der Waals surface area (Å²) in [7, 11) is 0. The Morgan fingerprint density at radius 3 is 2.94 bits per heavy atom. The zero-order chi connectivity index (χ0) is 13.0. The smallest absolute Gasteiger partial charge is 0.337 e. The molecule has 0 saturated carbocycles. The molecule has 1 aliphatic rings. The summed E-state index contributed by atoms with van der Waals surface area (Å²) in [5.41, 5.74) is 1.07. The molecule has 1 heterocycles. The Morgan fingerprint density at radius 2 is 2.28 bits per heavy atom. The van der Waals surface area contributed by atoms with Crippen LogP contribution in [0, 0.1) is 5.92 Å². The van der Waals surface area contributed by atoms with Gasteiger partial charge >= 0.3 is 5.97 Å². The van der Waals surface area contributed by atoms with Gasteiger partial charge in [-0.15, -0.1) is 0 Å². The Labute approximate surface area is 108 Å². The summed E-state index contributed by atoms with van der Waals surface area (Å²) in [6.07, 6.45) is 1.19. The first-order valence-corrected chi connectivity index (χ1v) is 6.49. The molecule has 0 aromatic heterocycles. The zero-order valence-electron chi connectivity index (χ0n) is 10.7. The first-order valence-electron chi connectivity index (χ1n) is 6.49. The van der Waals surface area contributed by atoms with Crippen molar-refractivity contribution in [3.8, 4) is 0 Å². The summed E-state index contributed by atoms with van der Waals surface area (Å²) in [6, 6.07) is 7.08. The van der Waals surface area contributed by atoms with E-state index < -0.39 is 5.97 Å². The number of carbonyl (C=O) groups is 1. The quantitative estimate of drug-likeness (QED) is 0.838. The Kier molecular flexibility index (Phi) is 4.20. The second kappa shape index (κ2) is 5.87. The Balaban J connectivity index is 1.92. The average Bonchev–Trinajstić information content (AvgIpc) is 2.84. The van der Waals surface area contributed by atoms with Crippen molar-refractivity contribution in [1.29, 1.82) is 0 Å². The van der Waals surface area contributed by atoms with Crippen molar-refractivity contribution < 1.29 is 9.90 Å². The molecular weight excluding hydrogens is 228 g/mol. The summed E-state index contributed by atoms with van der Waals surface area (Å²) in [5, 5.41) is 12.4. The predicted molar refractivity (Wildman–Crippen MR) is 72.1 cm³/mol.